The van der Waals surface area contributed by atoms with Crippen molar-refractivity contribution in [2.45, 2.75) is 19.3 Å². The average molecular weight is 173 g/mol. The first kappa shape index (κ1) is 11.4. The Kier molecular flexibility index (Phi) is 8.05. The van der Waals surface area contributed by atoms with Crippen LogP contribution >= 0.6 is 0 Å². The lowest BCUT2D eigenvalue weighted by Gasteiger charge is -2.03. The van der Waals surface area contributed by atoms with E-state index in [9.17, 15) is 4.79 Å². The normalized spacial score (nSPS) is 9.83. The van der Waals surface area contributed by atoms with Crippen molar-refractivity contribution in [3.63, 3.8) is 0 Å². The summed E-state index contributed by atoms with van der Waals surface area (Å²) < 4.78 is 0. The molecule has 4 heteroatoms. The van der Waals surface area contributed by atoms with Crippen molar-refractivity contribution in [2.24, 2.45) is 5.73 Å². The summed E-state index contributed by atoms with van der Waals surface area (Å²) in [6, 6.07) is 0. The van der Waals surface area contributed by atoms with Crippen LogP contribution in [-0.2, 0) is 4.79 Å². The molecule has 0 rings (SSSR count). The first-order valence-corrected chi connectivity index (χ1v) is 4.42. The number of nitrogens with two attached hydrogens (primary N) is 1. The van der Waals surface area contributed by atoms with Crippen LogP contribution in [0.1, 0.15) is 19.3 Å². The molecule has 0 radical (unpaired) electrons. The van der Waals surface area contributed by atoms with Crippen LogP contribution in [0, 0.1) is 0 Å². The SMILES string of the molecule is CNCCNC(=O)CCCCN. The number of hydrogen-bond donors (Lipinski definition) is 3. The third kappa shape index (κ3) is 7.50. The van der Waals surface area contributed by atoms with Gasteiger partial charge in [0.05, 0.1) is 0 Å². The molecule has 12 heavy (non-hydrogen) atoms. The molecule has 0 aliphatic carbocycles. The van der Waals surface area contributed by atoms with Crippen LogP contribution in [-0.4, -0.2) is 32.6 Å². The van der Waals surface area contributed by atoms with Crippen molar-refractivity contribution in [3.05, 3.63) is 0 Å². The van der Waals surface area contributed by atoms with E-state index in [4.69, 9.17) is 5.73 Å². The largest absolute Gasteiger partial charge is 0.355 e. The van der Waals surface area contributed by atoms with E-state index in [0.29, 0.717) is 19.5 Å². The molecule has 4 nitrogen and oxygen atoms in total. The standard InChI is InChI=1S/C8H19N3O/c1-10-6-7-11-8(12)4-2-3-5-9/h10H,2-7,9H2,1H3,(H,11,12). The van der Waals surface area contributed by atoms with Gasteiger partial charge >= 0.3 is 0 Å². The van der Waals surface area contributed by atoms with Gasteiger partial charge in [-0.05, 0) is 26.4 Å². The first-order valence-electron chi connectivity index (χ1n) is 4.42. The summed E-state index contributed by atoms with van der Waals surface area (Å²) in [6.45, 7) is 2.20. The molecule has 0 unspecified atom stereocenters. The number of nitrogens with one attached hydrogen (secondary N) is 2. The quantitative estimate of drug-likeness (QED) is 0.453. The Morgan fingerprint density at radius 3 is 2.67 bits per heavy atom. The van der Waals surface area contributed by atoms with E-state index < -0.39 is 0 Å². The maximum atomic E-state index is 11.0. The maximum Gasteiger partial charge on any atom is 0.220 e. The molecular formula is C8H19N3O. The third-order valence-corrected chi connectivity index (χ3v) is 1.56. The molecule has 72 valence electrons. The summed E-state index contributed by atoms with van der Waals surface area (Å²) in [6.07, 6.45) is 2.42. The number of carbonyl (C=O) groups excluding carboxylic acids is 1. The van der Waals surface area contributed by atoms with Gasteiger partial charge in [-0.1, -0.05) is 0 Å². The highest BCUT2D eigenvalue weighted by Crippen LogP contribution is 1.92. The van der Waals surface area contributed by atoms with E-state index in [1.165, 1.54) is 0 Å². The van der Waals surface area contributed by atoms with Crippen LogP contribution < -0.4 is 16.4 Å². The fraction of sp³-hybridized carbons (Fsp3) is 0.875. The highest BCUT2D eigenvalue weighted by molar-refractivity contribution is 5.75. The van der Waals surface area contributed by atoms with E-state index in [0.717, 1.165) is 19.4 Å². The summed E-state index contributed by atoms with van der Waals surface area (Å²) in [5, 5.41) is 5.76. The first-order chi connectivity index (χ1) is 5.81. The lowest BCUT2D eigenvalue weighted by molar-refractivity contribution is -0.121. The second-order valence-electron chi connectivity index (χ2n) is 2.70. The molecular weight excluding hydrogens is 154 g/mol. The molecule has 0 bridgehead atoms. The van der Waals surface area contributed by atoms with E-state index >= 15 is 0 Å². The van der Waals surface area contributed by atoms with Gasteiger partial charge in [0.2, 0.25) is 5.91 Å². The third-order valence-electron chi connectivity index (χ3n) is 1.56. The molecule has 0 aromatic rings. The predicted octanol–water partition coefficient (Wildman–Crippen LogP) is -0.549. The highest BCUT2D eigenvalue weighted by Gasteiger charge is 1.98. The fourth-order valence-electron chi connectivity index (χ4n) is 0.845. The summed E-state index contributed by atoms with van der Waals surface area (Å²) in [4.78, 5) is 11.0. The number of hydrogen-bond acceptors (Lipinski definition) is 3. The monoisotopic (exact) mass is 173 g/mol. The minimum atomic E-state index is 0.124. The Bertz CT molecular complexity index is 105. The smallest absolute Gasteiger partial charge is 0.220 e. The van der Waals surface area contributed by atoms with Crippen molar-refractivity contribution in [3.8, 4) is 0 Å². The van der Waals surface area contributed by atoms with Crippen molar-refractivity contribution in [2.75, 3.05) is 26.7 Å². The van der Waals surface area contributed by atoms with Crippen LogP contribution in [0.5, 0.6) is 0 Å². The minimum absolute atomic E-state index is 0.124. The minimum Gasteiger partial charge on any atom is -0.355 e. The molecule has 0 spiro atoms. The van der Waals surface area contributed by atoms with Crippen molar-refractivity contribution >= 4 is 5.91 Å². The molecule has 0 fully saturated rings. The maximum absolute atomic E-state index is 11.0. The zero-order chi connectivity index (χ0) is 9.23. The molecule has 0 atom stereocenters. The van der Waals surface area contributed by atoms with Crippen LogP contribution in [0.3, 0.4) is 0 Å². The lowest BCUT2D eigenvalue weighted by Crippen LogP contribution is -2.30. The van der Waals surface area contributed by atoms with Gasteiger partial charge in [-0.2, -0.15) is 0 Å². The van der Waals surface area contributed by atoms with Gasteiger partial charge in [-0.25, -0.2) is 0 Å². The Balaban J connectivity index is 3.10. The summed E-state index contributed by atoms with van der Waals surface area (Å²) >= 11 is 0. The number of likely N-dealkylation sites (N-methyl/N-ethyl adjacent to an activating group) is 1. The summed E-state index contributed by atoms with van der Waals surface area (Å²) in [7, 11) is 1.86. The van der Waals surface area contributed by atoms with E-state index in [2.05, 4.69) is 10.6 Å². The Morgan fingerprint density at radius 1 is 1.33 bits per heavy atom. The van der Waals surface area contributed by atoms with Crippen molar-refractivity contribution < 1.29 is 4.79 Å². The second-order valence-corrected chi connectivity index (χ2v) is 2.70. The Labute approximate surface area is 73.9 Å². The number of unbranched alkanes of at least 4 members (excludes halogenated alkanes) is 1. The number of amides is 1. The predicted molar refractivity (Wildman–Crippen MR) is 49.8 cm³/mol. The fourth-order valence-corrected chi connectivity index (χ4v) is 0.845. The molecule has 0 aliphatic rings. The number of carbonyl (C=O) groups is 1. The zero-order valence-corrected chi connectivity index (χ0v) is 7.73. The second kappa shape index (κ2) is 8.49. The topological polar surface area (TPSA) is 67.1 Å². The molecule has 0 aliphatic heterocycles. The van der Waals surface area contributed by atoms with Gasteiger partial charge in [-0.3, -0.25) is 4.79 Å². The van der Waals surface area contributed by atoms with Crippen LogP contribution in [0.2, 0.25) is 0 Å². The van der Waals surface area contributed by atoms with E-state index in [-0.39, 0.29) is 5.91 Å². The molecule has 1 amide bonds. The van der Waals surface area contributed by atoms with Crippen LogP contribution in [0.15, 0.2) is 0 Å². The van der Waals surface area contributed by atoms with Gasteiger partial charge in [0.15, 0.2) is 0 Å². The van der Waals surface area contributed by atoms with Gasteiger partial charge in [-0.15, -0.1) is 0 Å². The van der Waals surface area contributed by atoms with Gasteiger partial charge in [0.25, 0.3) is 0 Å². The van der Waals surface area contributed by atoms with Crippen LogP contribution in [0.25, 0.3) is 0 Å². The van der Waals surface area contributed by atoms with Crippen LogP contribution in [0.4, 0.5) is 0 Å². The average Bonchev–Trinajstić information content (AvgIpc) is 2.06. The molecule has 0 heterocycles. The van der Waals surface area contributed by atoms with Crippen molar-refractivity contribution in [1.82, 2.24) is 10.6 Å². The molecule has 0 aromatic heterocycles. The highest BCUT2D eigenvalue weighted by atomic mass is 16.1. The molecule has 0 saturated heterocycles. The van der Waals surface area contributed by atoms with Gasteiger partial charge < -0.3 is 16.4 Å². The van der Waals surface area contributed by atoms with E-state index in [1.807, 2.05) is 7.05 Å². The lowest BCUT2D eigenvalue weighted by atomic mass is 10.2. The van der Waals surface area contributed by atoms with Gasteiger partial charge in [0.1, 0.15) is 0 Å². The summed E-state index contributed by atoms with van der Waals surface area (Å²) in [5.74, 6) is 0.124. The summed E-state index contributed by atoms with van der Waals surface area (Å²) in [5.41, 5.74) is 5.29. The molecule has 0 aromatic carbocycles. The Hall–Kier alpha value is -0.610. The molecule has 0 saturated carbocycles. The van der Waals surface area contributed by atoms with Gasteiger partial charge in [0, 0.05) is 19.5 Å². The molecule has 4 N–H and O–H groups in total. The number of rotatable bonds is 7. The Morgan fingerprint density at radius 2 is 2.08 bits per heavy atom. The zero-order valence-electron chi connectivity index (χ0n) is 7.73. The van der Waals surface area contributed by atoms with E-state index in [1.54, 1.807) is 0 Å². The van der Waals surface area contributed by atoms with Crippen molar-refractivity contribution in [1.29, 1.82) is 0 Å².